The molecule has 1 aliphatic rings. The van der Waals surface area contributed by atoms with E-state index >= 15 is 0 Å². The maximum absolute atomic E-state index is 13.0. The number of hydrogen-bond donors (Lipinski definition) is 0. The third kappa shape index (κ3) is 4.24. The Morgan fingerprint density at radius 3 is 2.44 bits per heavy atom. The van der Waals surface area contributed by atoms with Crippen LogP contribution >= 0.6 is 11.6 Å². The summed E-state index contributed by atoms with van der Waals surface area (Å²) in [6, 6.07) is 8.68. The van der Waals surface area contributed by atoms with Crippen molar-refractivity contribution in [3.8, 4) is 0 Å². The minimum atomic E-state index is 0.177. The number of carbonyl (C=O) groups excluding carboxylic acids is 1. The van der Waals surface area contributed by atoms with Gasteiger partial charge in [-0.2, -0.15) is 5.10 Å². The van der Waals surface area contributed by atoms with E-state index in [1.165, 1.54) is 18.4 Å². The first kappa shape index (κ1) is 18.0. The van der Waals surface area contributed by atoms with Crippen molar-refractivity contribution >= 4 is 17.5 Å². The molecule has 0 saturated heterocycles. The summed E-state index contributed by atoms with van der Waals surface area (Å²) in [6.45, 7) is 2.68. The standard InChI is InChI=1S/C20H26ClN3O/c1-3-15-8-10-16(11-9-15)12-19(25)24(18-6-4-5-7-18)14-17-13-22-23(2)20(17)21/h8-11,13,18H,3-7,12,14H2,1-2H3. The van der Waals surface area contributed by atoms with Crippen molar-refractivity contribution in [1.82, 2.24) is 14.7 Å². The Bertz CT molecular complexity index is 717. The van der Waals surface area contributed by atoms with E-state index in [2.05, 4.69) is 36.3 Å². The average Bonchev–Trinajstić information content (AvgIpc) is 3.25. The molecule has 0 N–H and O–H groups in total. The van der Waals surface area contributed by atoms with Crippen LogP contribution in [-0.2, 0) is 31.2 Å². The van der Waals surface area contributed by atoms with Gasteiger partial charge in [0.2, 0.25) is 5.91 Å². The molecule has 1 aromatic carbocycles. The molecule has 1 heterocycles. The molecule has 2 aromatic rings. The SMILES string of the molecule is CCc1ccc(CC(=O)N(Cc2cnn(C)c2Cl)C2CCCC2)cc1. The monoisotopic (exact) mass is 359 g/mol. The molecule has 1 amide bonds. The van der Waals surface area contributed by atoms with E-state index in [4.69, 9.17) is 11.6 Å². The van der Waals surface area contributed by atoms with Crippen LogP contribution < -0.4 is 0 Å². The molecule has 0 atom stereocenters. The molecule has 25 heavy (non-hydrogen) atoms. The van der Waals surface area contributed by atoms with Crippen LogP contribution in [0.5, 0.6) is 0 Å². The highest BCUT2D eigenvalue weighted by atomic mass is 35.5. The average molecular weight is 360 g/mol. The second kappa shape index (κ2) is 8.05. The summed E-state index contributed by atoms with van der Waals surface area (Å²) in [5.74, 6) is 0.177. The molecule has 0 bridgehead atoms. The van der Waals surface area contributed by atoms with Gasteiger partial charge in [-0.05, 0) is 30.4 Å². The van der Waals surface area contributed by atoms with Crippen molar-refractivity contribution < 1.29 is 4.79 Å². The second-order valence-electron chi connectivity index (χ2n) is 6.89. The lowest BCUT2D eigenvalue weighted by Gasteiger charge is -2.29. The Balaban J connectivity index is 1.75. The molecule has 0 unspecified atom stereocenters. The van der Waals surface area contributed by atoms with Crippen molar-refractivity contribution in [3.05, 3.63) is 52.3 Å². The third-order valence-electron chi connectivity index (χ3n) is 5.15. The summed E-state index contributed by atoms with van der Waals surface area (Å²) in [5.41, 5.74) is 3.29. The van der Waals surface area contributed by atoms with E-state index in [0.717, 1.165) is 30.4 Å². The minimum Gasteiger partial charge on any atom is -0.335 e. The van der Waals surface area contributed by atoms with Gasteiger partial charge in [0, 0.05) is 18.7 Å². The summed E-state index contributed by atoms with van der Waals surface area (Å²) in [4.78, 5) is 15.0. The summed E-state index contributed by atoms with van der Waals surface area (Å²) in [6.07, 6.45) is 7.78. The summed E-state index contributed by atoms with van der Waals surface area (Å²) in [7, 11) is 1.82. The van der Waals surface area contributed by atoms with Crippen molar-refractivity contribution in [3.63, 3.8) is 0 Å². The van der Waals surface area contributed by atoms with Gasteiger partial charge in [-0.1, -0.05) is 55.6 Å². The molecular weight excluding hydrogens is 334 g/mol. The van der Waals surface area contributed by atoms with Gasteiger partial charge in [-0.15, -0.1) is 0 Å². The van der Waals surface area contributed by atoms with E-state index < -0.39 is 0 Å². The fourth-order valence-electron chi connectivity index (χ4n) is 3.56. The zero-order valence-electron chi connectivity index (χ0n) is 15.0. The molecule has 5 heteroatoms. The highest BCUT2D eigenvalue weighted by Gasteiger charge is 2.27. The van der Waals surface area contributed by atoms with Gasteiger partial charge in [0.05, 0.1) is 19.2 Å². The van der Waals surface area contributed by atoms with Crippen LogP contribution in [0, 0.1) is 0 Å². The number of hydrogen-bond acceptors (Lipinski definition) is 2. The van der Waals surface area contributed by atoms with Crippen LogP contribution in [-0.4, -0.2) is 26.6 Å². The maximum atomic E-state index is 13.0. The largest absolute Gasteiger partial charge is 0.335 e. The minimum absolute atomic E-state index is 0.177. The number of aryl methyl sites for hydroxylation is 2. The van der Waals surface area contributed by atoms with Crippen molar-refractivity contribution in [2.75, 3.05) is 0 Å². The Morgan fingerprint density at radius 2 is 1.88 bits per heavy atom. The van der Waals surface area contributed by atoms with Crippen molar-refractivity contribution in [2.45, 2.75) is 58.0 Å². The zero-order chi connectivity index (χ0) is 17.8. The van der Waals surface area contributed by atoms with Gasteiger partial charge in [0.15, 0.2) is 0 Å². The number of benzene rings is 1. The zero-order valence-corrected chi connectivity index (χ0v) is 15.8. The number of carbonyl (C=O) groups is 1. The van der Waals surface area contributed by atoms with E-state index in [0.29, 0.717) is 24.2 Å². The molecule has 0 radical (unpaired) electrons. The maximum Gasteiger partial charge on any atom is 0.227 e. The van der Waals surface area contributed by atoms with Crippen LogP contribution in [0.25, 0.3) is 0 Å². The Labute approximate surface area is 154 Å². The lowest BCUT2D eigenvalue weighted by Crippen LogP contribution is -2.39. The van der Waals surface area contributed by atoms with Gasteiger partial charge >= 0.3 is 0 Å². The third-order valence-corrected chi connectivity index (χ3v) is 5.64. The molecule has 0 aliphatic heterocycles. The predicted molar refractivity (Wildman–Crippen MR) is 101 cm³/mol. The van der Waals surface area contributed by atoms with Gasteiger partial charge in [0.1, 0.15) is 5.15 Å². The molecule has 134 valence electrons. The lowest BCUT2D eigenvalue weighted by atomic mass is 10.1. The molecule has 4 nitrogen and oxygen atoms in total. The fourth-order valence-corrected chi connectivity index (χ4v) is 3.72. The van der Waals surface area contributed by atoms with Crippen LogP contribution in [0.4, 0.5) is 0 Å². The number of nitrogens with zero attached hydrogens (tertiary/aromatic N) is 3. The van der Waals surface area contributed by atoms with Gasteiger partial charge in [-0.25, -0.2) is 0 Å². The van der Waals surface area contributed by atoms with Crippen LogP contribution in [0.1, 0.15) is 49.3 Å². The molecule has 1 aromatic heterocycles. The van der Waals surface area contributed by atoms with Crippen LogP contribution in [0.15, 0.2) is 30.5 Å². The molecule has 1 aliphatic carbocycles. The summed E-state index contributed by atoms with van der Waals surface area (Å²) < 4.78 is 1.65. The van der Waals surface area contributed by atoms with Crippen LogP contribution in [0.2, 0.25) is 5.15 Å². The molecule has 1 fully saturated rings. The number of amides is 1. The molecule has 1 saturated carbocycles. The summed E-state index contributed by atoms with van der Waals surface area (Å²) in [5, 5.41) is 4.82. The smallest absolute Gasteiger partial charge is 0.227 e. The highest BCUT2D eigenvalue weighted by Crippen LogP contribution is 2.27. The molecular formula is C20H26ClN3O. The number of halogens is 1. The highest BCUT2D eigenvalue weighted by molar-refractivity contribution is 6.30. The van der Waals surface area contributed by atoms with Gasteiger partial charge < -0.3 is 4.90 Å². The molecule has 0 spiro atoms. The topological polar surface area (TPSA) is 38.1 Å². The van der Waals surface area contributed by atoms with E-state index in [1.54, 1.807) is 10.9 Å². The van der Waals surface area contributed by atoms with Gasteiger partial charge in [0.25, 0.3) is 0 Å². The molecule has 3 rings (SSSR count). The Hall–Kier alpha value is -1.81. The van der Waals surface area contributed by atoms with Crippen LogP contribution in [0.3, 0.4) is 0 Å². The predicted octanol–water partition coefficient (Wildman–Crippen LogP) is 4.15. The first-order chi connectivity index (χ1) is 12.1. The van der Waals surface area contributed by atoms with E-state index in [-0.39, 0.29) is 5.91 Å². The second-order valence-corrected chi connectivity index (χ2v) is 7.25. The van der Waals surface area contributed by atoms with Crippen molar-refractivity contribution in [1.29, 1.82) is 0 Å². The fraction of sp³-hybridized carbons (Fsp3) is 0.500. The summed E-state index contributed by atoms with van der Waals surface area (Å²) >= 11 is 6.32. The lowest BCUT2D eigenvalue weighted by molar-refractivity contribution is -0.133. The quantitative estimate of drug-likeness (QED) is 0.777. The first-order valence-electron chi connectivity index (χ1n) is 9.12. The van der Waals surface area contributed by atoms with Crippen molar-refractivity contribution in [2.24, 2.45) is 7.05 Å². The van der Waals surface area contributed by atoms with Gasteiger partial charge in [-0.3, -0.25) is 9.48 Å². The van der Waals surface area contributed by atoms with E-state index in [1.807, 2.05) is 11.9 Å². The number of rotatable bonds is 6. The normalized spacial score (nSPS) is 14.8. The Morgan fingerprint density at radius 1 is 1.24 bits per heavy atom. The first-order valence-corrected chi connectivity index (χ1v) is 9.50. The Kier molecular flexibility index (Phi) is 5.79. The number of aromatic nitrogens is 2. The van der Waals surface area contributed by atoms with E-state index in [9.17, 15) is 4.79 Å².